The van der Waals surface area contributed by atoms with Crippen LogP contribution in [0.1, 0.15) is 20.3 Å². The van der Waals surface area contributed by atoms with Gasteiger partial charge < -0.3 is 26.0 Å². The Morgan fingerprint density at radius 3 is 2.89 bits per heavy atom. The van der Waals surface area contributed by atoms with Crippen LogP contribution in [0.25, 0.3) is 0 Å². The monoisotopic (exact) mass is 285 g/mol. The number of hydrogen-bond acceptors (Lipinski definition) is 7. The maximum absolute atomic E-state index is 6.10. The van der Waals surface area contributed by atoms with Crippen LogP contribution in [-0.4, -0.2) is 36.9 Å². The van der Waals surface area contributed by atoms with Gasteiger partial charge in [0.25, 0.3) is 0 Å². The Bertz CT molecular complexity index is 358. The quantitative estimate of drug-likeness (QED) is 0.506. The number of hydrazine groups is 1. The van der Waals surface area contributed by atoms with E-state index in [0.717, 1.165) is 36.8 Å². The van der Waals surface area contributed by atoms with Gasteiger partial charge in [-0.15, -0.1) is 0 Å². The van der Waals surface area contributed by atoms with Gasteiger partial charge in [0.2, 0.25) is 0 Å². The topological polar surface area (TPSA) is 74.6 Å². The van der Waals surface area contributed by atoms with Gasteiger partial charge in [-0.25, -0.2) is 5.01 Å². The van der Waals surface area contributed by atoms with E-state index in [4.69, 9.17) is 9.92 Å². The fourth-order valence-electron chi connectivity index (χ4n) is 1.66. The Hall–Kier alpha value is -0.890. The summed E-state index contributed by atoms with van der Waals surface area (Å²) < 4.78 is 5.61. The van der Waals surface area contributed by atoms with Crippen LogP contribution < -0.4 is 21.8 Å². The molecule has 0 saturated carbocycles. The molecule has 0 amide bonds. The minimum absolute atomic E-state index is 0.0381. The lowest BCUT2D eigenvalue weighted by Gasteiger charge is -2.32. The smallest absolute Gasteiger partial charge is 0.133 e. The van der Waals surface area contributed by atoms with Crippen molar-refractivity contribution in [2.24, 2.45) is 5.73 Å². The molecule has 2 aliphatic rings. The van der Waals surface area contributed by atoms with Crippen LogP contribution in [0.3, 0.4) is 0 Å². The van der Waals surface area contributed by atoms with Crippen molar-refractivity contribution in [2.45, 2.75) is 32.5 Å². The number of hydrogen-bond donors (Lipinski definition) is 4. The SMILES string of the molecule is CC(C)NCC(N)N1CCC(OSC2=CCN2)=CN1. The van der Waals surface area contributed by atoms with Gasteiger partial charge in [-0.2, -0.15) is 0 Å². The molecular weight excluding hydrogens is 262 g/mol. The average molecular weight is 285 g/mol. The van der Waals surface area contributed by atoms with Crippen molar-refractivity contribution < 1.29 is 4.18 Å². The van der Waals surface area contributed by atoms with Crippen LogP contribution in [0.4, 0.5) is 0 Å². The second-order valence-electron chi connectivity index (χ2n) is 4.93. The maximum atomic E-state index is 6.10. The zero-order valence-electron chi connectivity index (χ0n) is 11.5. The molecule has 108 valence electrons. The van der Waals surface area contributed by atoms with Crippen molar-refractivity contribution in [3.63, 3.8) is 0 Å². The van der Waals surface area contributed by atoms with E-state index in [9.17, 15) is 0 Å². The summed E-state index contributed by atoms with van der Waals surface area (Å²) in [6.45, 7) is 6.78. The Balaban J connectivity index is 1.68. The summed E-state index contributed by atoms with van der Waals surface area (Å²) in [5, 5.41) is 9.59. The second-order valence-corrected chi connectivity index (χ2v) is 5.70. The first kappa shape index (κ1) is 14.5. The van der Waals surface area contributed by atoms with Gasteiger partial charge in [0.15, 0.2) is 0 Å². The highest BCUT2D eigenvalue weighted by Crippen LogP contribution is 2.24. The normalized spacial score (nSPS) is 20.8. The number of nitrogens with two attached hydrogens (primary N) is 1. The zero-order chi connectivity index (χ0) is 13.7. The van der Waals surface area contributed by atoms with E-state index in [1.54, 1.807) is 0 Å². The fourth-order valence-corrected chi connectivity index (χ4v) is 2.29. The molecule has 0 fully saturated rings. The Morgan fingerprint density at radius 1 is 1.58 bits per heavy atom. The average Bonchev–Trinajstić information content (AvgIpc) is 2.35. The molecule has 0 aliphatic carbocycles. The minimum Gasteiger partial charge on any atom is -0.422 e. The molecule has 0 aromatic heterocycles. The molecule has 0 saturated heterocycles. The highest BCUT2D eigenvalue weighted by molar-refractivity contribution is 7.98. The molecule has 0 radical (unpaired) electrons. The van der Waals surface area contributed by atoms with Crippen molar-refractivity contribution in [1.82, 2.24) is 21.1 Å². The van der Waals surface area contributed by atoms with Gasteiger partial charge in [0.1, 0.15) is 22.8 Å². The van der Waals surface area contributed by atoms with Crippen LogP contribution in [-0.2, 0) is 4.18 Å². The third-order valence-electron chi connectivity index (χ3n) is 2.93. The van der Waals surface area contributed by atoms with E-state index in [2.05, 4.69) is 36.0 Å². The van der Waals surface area contributed by atoms with Crippen molar-refractivity contribution in [3.05, 3.63) is 23.1 Å². The zero-order valence-corrected chi connectivity index (χ0v) is 12.3. The van der Waals surface area contributed by atoms with E-state index in [-0.39, 0.29) is 6.17 Å². The minimum atomic E-state index is -0.0381. The van der Waals surface area contributed by atoms with Crippen molar-refractivity contribution in [3.8, 4) is 0 Å². The lowest BCUT2D eigenvalue weighted by Crippen LogP contribution is -2.55. The van der Waals surface area contributed by atoms with Crippen molar-refractivity contribution in [1.29, 1.82) is 0 Å². The lowest BCUT2D eigenvalue weighted by atomic mass is 10.3. The summed E-state index contributed by atoms with van der Waals surface area (Å²) in [7, 11) is 0. The highest BCUT2D eigenvalue weighted by Gasteiger charge is 2.19. The fraction of sp³-hybridized carbons (Fsp3) is 0.667. The van der Waals surface area contributed by atoms with E-state index in [0.29, 0.717) is 6.04 Å². The first-order valence-electron chi connectivity index (χ1n) is 6.64. The molecule has 5 N–H and O–H groups in total. The summed E-state index contributed by atoms with van der Waals surface area (Å²) in [5.74, 6) is 0.944. The molecule has 6 nitrogen and oxygen atoms in total. The van der Waals surface area contributed by atoms with Crippen LogP contribution >= 0.6 is 12.0 Å². The van der Waals surface area contributed by atoms with Gasteiger partial charge in [0, 0.05) is 32.1 Å². The first-order chi connectivity index (χ1) is 9.15. The van der Waals surface area contributed by atoms with Gasteiger partial charge in [-0.1, -0.05) is 13.8 Å². The molecule has 7 heteroatoms. The molecule has 2 heterocycles. The van der Waals surface area contributed by atoms with Gasteiger partial charge in [0.05, 0.1) is 12.4 Å². The highest BCUT2D eigenvalue weighted by atomic mass is 32.2. The molecule has 2 rings (SSSR count). The summed E-state index contributed by atoms with van der Waals surface area (Å²) >= 11 is 1.37. The predicted octanol–water partition coefficient (Wildman–Crippen LogP) is 0.430. The van der Waals surface area contributed by atoms with Crippen LogP contribution in [0.5, 0.6) is 0 Å². The maximum Gasteiger partial charge on any atom is 0.133 e. The molecule has 0 spiro atoms. The Labute approximate surface area is 119 Å². The third kappa shape index (κ3) is 4.61. The predicted molar refractivity (Wildman–Crippen MR) is 78.4 cm³/mol. The van der Waals surface area contributed by atoms with Crippen LogP contribution in [0, 0.1) is 0 Å². The summed E-state index contributed by atoms with van der Waals surface area (Å²) in [6, 6.07) is 0.449. The van der Waals surface area contributed by atoms with Gasteiger partial charge in [-0.05, 0) is 6.08 Å². The largest absolute Gasteiger partial charge is 0.422 e. The first-order valence-corrected chi connectivity index (χ1v) is 7.38. The number of nitrogens with zero attached hydrogens (tertiary/aromatic N) is 1. The molecule has 1 unspecified atom stereocenters. The van der Waals surface area contributed by atoms with E-state index in [1.165, 1.54) is 12.0 Å². The molecule has 19 heavy (non-hydrogen) atoms. The van der Waals surface area contributed by atoms with Crippen LogP contribution in [0.2, 0.25) is 0 Å². The van der Waals surface area contributed by atoms with Crippen molar-refractivity contribution in [2.75, 3.05) is 19.6 Å². The number of nitrogens with one attached hydrogen (secondary N) is 3. The molecule has 2 aliphatic heterocycles. The van der Waals surface area contributed by atoms with Crippen LogP contribution in [0.15, 0.2) is 23.1 Å². The summed E-state index contributed by atoms with van der Waals surface area (Å²) in [6.07, 6.45) is 4.80. The molecule has 0 aromatic carbocycles. The van der Waals surface area contributed by atoms with E-state index < -0.39 is 0 Å². The van der Waals surface area contributed by atoms with E-state index >= 15 is 0 Å². The van der Waals surface area contributed by atoms with Gasteiger partial charge >= 0.3 is 0 Å². The lowest BCUT2D eigenvalue weighted by molar-refractivity contribution is 0.131. The van der Waals surface area contributed by atoms with Crippen molar-refractivity contribution >= 4 is 12.0 Å². The number of rotatable bonds is 7. The Morgan fingerprint density at radius 2 is 2.37 bits per heavy atom. The molecule has 1 atom stereocenters. The summed E-state index contributed by atoms with van der Waals surface area (Å²) in [5.41, 5.74) is 9.28. The van der Waals surface area contributed by atoms with Gasteiger partial charge in [-0.3, -0.25) is 0 Å². The Kier molecular flexibility index (Phi) is 5.38. The third-order valence-corrected chi connectivity index (χ3v) is 3.72. The molecular formula is C12H23N5OS. The second kappa shape index (κ2) is 7.04. The molecule has 0 bridgehead atoms. The molecule has 0 aromatic rings. The standard InChI is InChI=1S/C12H23N5OS/c1-9(2)15-8-11(13)17-6-4-10(7-16-17)18-19-12-3-5-14-12/h3,7,9,11,14-16H,4-6,8,13H2,1-2H3. The van der Waals surface area contributed by atoms with E-state index in [1.807, 2.05) is 11.2 Å². The summed E-state index contributed by atoms with van der Waals surface area (Å²) in [4.78, 5) is 0.